The lowest BCUT2D eigenvalue weighted by atomic mass is 9.98. The molecule has 1 aromatic carbocycles. The zero-order valence-electron chi connectivity index (χ0n) is 8.48. The maximum atomic E-state index is 13.0. The molecule has 0 unspecified atom stereocenters. The van der Waals surface area contributed by atoms with Gasteiger partial charge in [0.25, 0.3) is 0 Å². The molecule has 0 aliphatic heterocycles. The Kier molecular flexibility index (Phi) is 5.75. The Morgan fingerprint density at radius 2 is 2.12 bits per heavy atom. The summed E-state index contributed by atoms with van der Waals surface area (Å²) in [5.41, 5.74) is 11.3. The maximum absolute atomic E-state index is 13.0. The van der Waals surface area contributed by atoms with Gasteiger partial charge in [-0.15, -0.1) is 12.4 Å². The summed E-state index contributed by atoms with van der Waals surface area (Å²) in [4.78, 5) is 0. The fourth-order valence-electron chi connectivity index (χ4n) is 1.38. The van der Waals surface area contributed by atoms with Crippen LogP contribution in [0, 0.1) is 17.1 Å². The van der Waals surface area contributed by atoms with Gasteiger partial charge in [-0.05, 0) is 25.1 Å². The molecule has 5 N–H and O–H groups in total. The highest BCUT2D eigenvalue weighted by molar-refractivity contribution is 5.85. The van der Waals surface area contributed by atoms with Gasteiger partial charge in [0.15, 0.2) is 11.6 Å². The molecule has 0 bridgehead atoms. The summed E-state index contributed by atoms with van der Waals surface area (Å²) in [5, 5.41) is 18.2. The number of halogens is 2. The second kappa shape index (κ2) is 6.28. The van der Waals surface area contributed by atoms with Crippen molar-refractivity contribution >= 4 is 12.4 Å². The van der Waals surface area contributed by atoms with Crippen LogP contribution in [0.1, 0.15) is 23.6 Å². The van der Waals surface area contributed by atoms with Gasteiger partial charge in [-0.2, -0.15) is 5.26 Å². The van der Waals surface area contributed by atoms with Crippen LogP contribution >= 0.6 is 12.4 Å². The van der Waals surface area contributed by atoms with Crippen LogP contribution < -0.4 is 11.5 Å². The smallest absolute Gasteiger partial charge is 0.165 e. The van der Waals surface area contributed by atoms with Gasteiger partial charge in [-0.25, -0.2) is 4.39 Å². The summed E-state index contributed by atoms with van der Waals surface area (Å²) in [7, 11) is 0. The lowest BCUT2D eigenvalue weighted by Gasteiger charge is -2.14. The van der Waals surface area contributed by atoms with E-state index in [0.717, 1.165) is 6.07 Å². The standard InChI is InChI=1S/C10H12FN3O.ClH/c11-7-2-1-6(5-13)9(10(7)15)8(14)3-4-12;/h1-2,8,15H,3-4,12,14H2;1H/t8-;/m0./s1. The molecule has 4 nitrogen and oxygen atoms in total. The fourth-order valence-corrected chi connectivity index (χ4v) is 1.38. The molecule has 0 saturated heterocycles. The monoisotopic (exact) mass is 245 g/mol. The number of hydrogen-bond donors (Lipinski definition) is 3. The van der Waals surface area contributed by atoms with Gasteiger partial charge in [0.2, 0.25) is 0 Å². The van der Waals surface area contributed by atoms with E-state index in [1.165, 1.54) is 6.07 Å². The summed E-state index contributed by atoms with van der Waals surface area (Å²) in [6.45, 7) is 0.308. The van der Waals surface area contributed by atoms with Crippen LogP contribution in [0.25, 0.3) is 0 Å². The van der Waals surface area contributed by atoms with Crippen LogP contribution in [-0.2, 0) is 0 Å². The topological polar surface area (TPSA) is 96.1 Å². The molecule has 1 aromatic rings. The quantitative estimate of drug-likeness (QED) is 0.745. The van der Waals surface area contributed by atoms with E-state index in [2.05, 4.69) is 0 Å². The van der Waals surface area contributed by atoms with Crippen molar-refractivity contribution in [2.45, 2.75) is 12.5 Å². The zero-order chi connectivity index (χ0) is 11.4. The van der Waals surface area contributed by atoms with Crippen LogP contribution in [0.4, 0.5) is 4.39 Å². The van der Waals surface area contributed by atoms with Crippen molar-refractivity contribution < 1.29 is 9.50 Å². The van der Waals surface area contributed by atoms with Crippen LogP contribution in [0.3, 0.4) is 0 Å². The molecule has 0 spiro atoms. The molecular formula is C10H13ClFN3O. The van der Waals surface area contributed by atoms with Crippen molar-refractivity contribution in [3.63, 3.8) is 0 Å². The van der Waals surface area contributed by atoms with Gasteiger partial charge in [-0.3, -0.25) is 0 Å². The summed E-state index contributed by atoms with van der Waals surface area (Å²) in [6, 6.07) is 3.56. The molecule has 1 rings (SSSR count). The molecule has 88 valence electrons. The van der Waals surface area contributed by atoms with E-state index < -0.39 is 17.6 Å². The van der Waals surface area contributed by atoms with Crippen molar-refractivity contribution in [1.82, 2.24) is 0 Å². The number of rotatable bonds is 3. The van der Waals surface area contributed by atoms with E-state index in [1.807, 2.05) is 6.07 Å². The molecule has 6 heteroatoms. The van der Waals surface area contributed by atoms with Gasteiger partial charge < -0.3 is 16.6 Å². The average Bonchev–Trinajstić information content (AvgIpc) is 2.22. The van der Waals surface area contributed by atoms with Crippen LogP contribution in [-0.4, -0.2) is 11.7 Å². The van der Waals surface area contributed by atoms with Crippen LogP contribution in [0.5, 0.6) is 5.75 Å². The van der Waals surface area contributed by atoms with E-state index >= 15 is 0 Å². The molecular weight excluding hydrogens is 233 g/mol. The second-order valence-corrected chi connectivity index (χ2v) is 3.15. The predicted octanol–water partition coefficient (Wildman–Crippen LogP) is 1.17. The summed E-state index contributed by atoms with van der Waals surface area (Å²) in [6.07, 6.45) is 0.381. The van der Waals surface area contributed by atoms with E-state index in [0.29, 0.717) is 13.0 Å². The first-order chi connectivity index (χ1) is 7.11. The number of nitriles is 1. The largest absolute Gasteiger partial charge is 0.505 e. The minimum atomic E-state index is -0.781. The molecule has 0 fully saturated rings. The Hall–Kier alpha value is -1.35. The first-order valence-corrected chi connectivity index (χ1v) is 4.49. The molecule has 16 heavy (non-hydrogen) atoms. The highest BCUT2D eigenvalue weighted by Crippen LogP contribution is 2.30. The molecule has 0 heterocycles. The minimum absolute atomic E-state index is 0. The summed E-state index contributed by atoms with van der Waals surface area (Å²) in [5.74, 6) is -1.34. The number of benzene rings is 1. The molecule has 0 amide bonds. The number of phenolic OH excluding ortho intramolecular Hbond substituents is 1. The number of phenols is 1. The zero-order valence-corrected chi connectivity index (χ0v) is 9.30. The van der Waals surface area contributed by atoms with E-state index in [1.54, 1.807) is 0 Å². The highest BCUT2D eigenvalue weighted by Gasteiger charge is 2.18. The van der Waals surface area contributed by atoms with Crippen molar-refractivity contribution in [1.29, 1.82) is 5.26 Å². The number of nitrogens with zero attached hydrogens (tertiary/aromatic N) is 1. The fraction of sp³-hybridized carbons (Fsp3) is 0.300. The van der Waals surface area contributed by atoms with Crippen molar-refractivity contribution in [2.24, 2.45) is 11.5 Å². The first-order valence-electron chi connectivity index (χ1n) is 4.49. The summed E-state index contributed by atoms with van der Waals surface area (Å²) < 4.78 is 13.0. The lowest BCUT2D eigenvalue weighted by molar-refractivity contribution is 0.418. The number of nitrogens with two attached hydrogens (primary N) is 2. The van der Waals surface area contributed by atoms with Gasteiger partial charge in [0.05, 0.1) is 11.6 Å². The van der Waals surface area contributed by atoms with Gasteiger partial charge >= 0.3 is 0 Å². The SMILES string of the molecule is Cl.N#Cc1ccc(F)c(O)c1[C@@H](N)CCN. The van der Waals surface area contributed by atoms with E-state index in [4.69, 9.17) is 16.7 Å². The minimum Gasteiger partial charge on any atom is -0.505 e. The highest BCUT2D eigenvalue weighted by atomic mass is 35.5. The Morgan fingerprint density at radius 3 is 2.62 bits per heavy atom. The normalized spacial score (nSPS) is 11.4. The second-order valence-electron chi connectivity index (χ2n) is 3.15. The Balaban J connectivity index is 0.00000225. The lowest BCUT2D eigenvalue weighted by Crippen LogP contribution is -2.17. The molecule has 0 saturated carbocycles. The first kappa shape index (κ1) is 14.6. The Bertz CT molecular complexity index is 406. The molecule has 0 aliphatic rings. The Morgan fingerprint density at radius 1 is 1.50 bits per heavy atom. The van der Waals surface area contributed by atoms with Gasteiger partial charge in [0, 0.05) is 11.6 Å². The molecule has 0 aliphatic carbocycles. The number of aromatic hydroxyl groups is 1. The summed E-state index contributed by atoms with van der Waals surface area (Å²) >= 11 is 0. The van der Waals surface area contributed by atoms with Crippen LogP contribution in [0.15, 0.2) is 12.1 Å². The van der Waals surface area contributed by atoms with Crippen LogP contribution in [0.2, 0.25) is 0 Å². The van der Waals surface area contributed by atoms with Gasteiger partial charge in [0.1, 0.15) is 0 Å². The predicted molar refractivity (Wildman–Crippen MR) is 60.6 cm³/mol. The number of hydrogen-bond acceptors (Lipinski definition) is 4. The maximum Gasteiger partial charge on any atom is 0.165 e. The van der Waals surface area contributed by atoms with Gasteiger partial charge in [-0.1, -0.05) is 0 Å². The molecule has 0 aromatic heterocycles. The third-order valence-corrected chi connectivity index (χ3v) is 2.14. The molecule has 1 atom stereocenters. The van der Waals surface area contributed by atoms with Crippen molar-refractivity contribution in [3.8, 4) is 11.8 Å². The third-order valence-electron chi connectivity index (χ3n) is 2.14. The molecule has 0 radical (unpaired) electrons. The van der Waals surface area contributed by atoms with E-state index in [9.17, 15) is 9.50 Å². The Labute approximate surface area is 99.1 Å². The van der Waals surface area contributed by atoms with E-state index in [-0.39, 0.29) is 23.5 Å². The average molecular weight is 246 g/mol. The van der Waals surface area contributed by atoms with Crippen molar-refractivity contribution in [2.75, 3.05) is 6.54 Å². The third kappa shape index (κ3) is 2.83. The van der Waals surface area contributed by atoms with Crippen molar-refractivity contribution in [3.05, 3.63) is 29.1 Å².